The third kappa shape index (κ3) is 29.4. The van der Waals surface area contributed by atoms with E-state index in [1.807, 2.05) is 27.7 Å². The van der Waals surface area contributed by atoms with E-state index in [0.717, 1.165) is 10.5 Å². The second-order valence-corrected chi connectivity index (χ2v) is 21.2. The van der Waals surface area contributed by atoms with Crippen LogP contribution in [0.5, 0.6) is 5.75 Å². The first-order valence-electron chi connectivity index (χ1n) is 28.5. The Morgan fingerprint density at radius 1 is 0.494 bits per heavy atom. The molecular formula is C56H93N19O10. The molecular weight excluding hydrogens is 1100 g/mol. The summed E-state index contributed by atoms with van der Waals surface area (Å²) in [6.07, 6.45) is 1.18. The Morgan fingerprint density at radius 3 is 1.44 bits per heavy atom. The number of carbonyl (C=O) groups excluding carboxylic acids is 9. The van der Waals surface area contributed by atoms with E-state index in [9.17, 15) is 48.3 Å². The number of aliphatic imine (C=N–C) groups is 3. The van der Waals surface area contributed by atoms with E-state index in [2.05, 4.69) is 62.8 Å². The van der Waals surface area contributed by atoms with Crippen LogP contribution in [0.3, 0.4) is 0 Å². The minimum Gasteiger partial charge on any atom is -0.508 e. The molecule has 0 aliphatic rings. The Balaban J connectivity index is 2.45. The molecule has 0 aromatic heterocycles. The first-order chi connectivity index (χ1) is 40.2. The molecule has 0 bridgehead atoms. The summed E-state index contributed by atoms with van der Waals surface area (Å²) in [6.45, 7) is 8.58. The number of carbonyl (C=O) groups is 9. The molecule has 0 aliphatic carbocycles. The fraction of sp³-hybridized carbons (Fsp3) is 0.571. The second kappa shape index (κ2) is 38.9. The molecule has 7 atom stereocenters. The minimum atomic E-state index is -1.35. The van der Waals surface area contributed by atoms with E-state index in [1.165, 1.54) is 19.2 Å². The normalized spacial score (nSPS) is 13.4. The van der Waals surface area contributed by atoms with Crippen molar-refractivity contribution in [3.05, 3.63) is 65.7 Å². The maximum Gasteiger partial charge on any atom is 0.245 e. The van der Waals surface area contributed by atoms with Gasteiger partial charge < -0.3 is 92.3 Å². The molecule has 0 fully saturated rings. The number of nitrogens with zero attached hydrogens (tertiary/aromatic N) is 4. The maximum absolute atomic E-state index is 14.9. The summed E-state index contributed by atoms with van der Waals surface area (Å²) in [7, 11) is 2.95. The number of aromatic hydroxyl groups is 1. The molecule has 0 spiro atoms. The number of hydrogen-bond acceptors (Lipinski definition) is 14. The van der Waals surface area contributed by atoms with Crippen molar-refractivity contribution in [1.82, 2.24) is 52.8 Å². The van der Waals surface area contributed by atoms with E-state index in [0.29, 0.717) is 12.0 Å². The average molecular weight is 1190 g/mol. The van der Waals surface area contributed by atoms with Crippen LogP contribution in [0.25, 0.3) is 0 Å². The topological polar surface area (TPSA) is 479 Å². The Bertz CT molecular complexity index is 2550. The third-order valence-electron chi connectivity index (χ3n) is 13.1. The van der Waals surface area contributed by atoms with Gasteiger partial charge >= 0.3 is 0 Å². The van der Waals surface area contributed by atoms with Crippen LogP contribution in [0.15, 0.2) is 69.6 Å². The van der Waals surface area contributed by atoms with Crippen molar-refractivity contribution in [2.24, 2.45) is 61.2 Å². The fourth-order valence-corrected chi connectivity index (χ4v) is 8.74. The number of nitrogens with one attached hydrogen (secondary N) is 9. The predicted octanol–water partition coefficient (Wildman–Crippen LogP) is -3.36. The van der Waals surface area contributed by atoms with Gasteiger partial charge in [0.15, 0.2) is 17.9 Å². The molecule has 9 amide bonds. The smallest absolute Gasteiger partial charge is 0.245 e. The predicted molar refractivity (Wildman–Crippen MR) is 324 cm³/mol. The first kappa shape index (κ1) is 72.3. The third-order valence-corrected chi connectivity index (χ3v) is 13.1. The van der Waals surface area contributed by atoms with Gasteiger partial charge in [0.2, 0.25) is 53.2 Å². The van der Waals surface area contributed by atoms with Gasteiger partial charge in [-0.1, -0.05) is 70.2 Å². The first-order valence-corrected chi connectivity index (χ1v) is 28.5. The monoisotopic (exact) mass is 1190 g/mol. The van der Waals surface area contributed by atoms with Gasteiger partial charge in [0.1, 0.15) is 42.0 Å². The maximum atomic E-state index is 14.9. The zero-order valence-corrected chi connectivity index (χ0v) is 50.1. The quantitative estimate of drug-likeness (QED) is 0.0177. The zero-order valence-electron chi connectivity index (χ0n) is 50.1. The number of hydrogen-bond donors (Lipinski definition) is 16. The van der Waals surface area contributed by atoms with Crippen LogP contribution in [0.1, 0.15) is 97.1 Å². The Morgan fingerprint density at radius 2 is 0.929 bits per heavy atom. The summed E-state index contributed by atoms with van der Waals surface area (Å²) in [4.78, 5) is 138. The van der Waals surface area contributed by atoms with Crippen LogP contribution in [-0.4, -0.2) is 177 Å². The molecule has 2 aromatic rings. The Hall–Kier alpha value is -8.76. The van der Waals surface area contributed by atoms with E-state index in [-0.39, 0.29) is 119 Å². The number of guanidine groups is 3. The van der Waals surface area contributed by atoms with Crippen LogP contribution in [0.2, 0.25) is 0 Å². The summed E-state index contributed by atoms with van der Waals surface area (Å²) in [5.74, 6) is -6.89. The minimum absolute atomic E-state index is 0.0250. The van der Waals surface area contributed by atoms with Crippen molar-refractivity contribution in [2.75, 3.05) is 53.4 Å². The molecule has 0 aliphatic heterocycles. The van der Waals surface area contributed by atoms with Crippen molar-refractivity contribution in [3.63, 3.8) is 0 Å². The van der Waals surface area contributed by atoms with Crippen LogP contribution < -0.4 is 82.3 Å². The fourth-order valence-electron chi connectivity index (χ4n) is 8.74. The van der Waals surface area contributed by atoms with Gasteiger partial charge in [-0.15, -0.1) is 0 Å². The molecule has 2 aromatic carbocycles. The van der Waals surface area contributed by atoms with Gasteiger partial charge in [-0.05, 0) is 107 Å². The van der Waals surface area contributed by atoms with Gasteiger partial charge in [0.05, 0.1) is 19.1 Å². The molecule has 29 heteroatoms. The van der Waals surface area contributed by atoms with Gasteiger partial charge in [-0.2, -0.15) is 0 Å². The highest BCUT2D eigenvalue weighted by molar-refractivity contribution is 5.97. The molecule has 0 saturated carbocycles. The van der Waals surface area contributed by atoms with E-state index < -0.39 is 109 Å². The van der Waals surface area contributed by atoms with Crippen molar-refractivity contribution in [1.29, 1.82) is 0 Å². The van der Waals surface area contributed by atoms with Crippen molar-refractivity contribution in [2.45, 2.75) is 141 Å². The number of likely N-dealkylation sites (N-methyl/N-ethyl adjacent to an activating group) is 3. The van der Waals surface area contributed by atoms with Crippen LogP contribution >= 0.6 is 0 Å². The number of nitrogens with two attached hydrogens (primary N) is 6. The standard InChI is InChI=1S/C56H93N19O10/c1-8-64-47(79)38(17-12-24-65-54(57)58)71-49(81)42(28-34(4)5)74-52(84)44(19-14-26-67-56(61)62)75(7)53(85)39(18-13-25-66-55(59)60)72-50(82)41(27-33(2)3)73-51(83)43(30-35-15-10-9-11-16-35)70-46(78)32-68-45(77)31-69-48(80)40(63-6)29-36-20-22-37(76)23-21-36/h9-11,15-16,20-23,33-34,38-44,63,76H,8,12-14,17-19,24-32H2,1-7H3,(H,64,79)(H,68,77)(H,69,80)(H,70,78)(H,71,81)(H,72,82)(H,73,83)(H,74,84)(H4,57,58,65)(H4,59,60,66)(H4,61,62,67)/t38-,39-,40-,41-,42+,43-,44-/m0/s1. The van der Waals surface area contributed by atoms with Crippen molar-refractivity contribution in [3.8, 4) is 5.75 Å². The Labute approximate surface area is 497 Å². The molecule has 2 rings (SSSR count). The summed E-state index contributed by atoms with van der Waals surface area (Å²) in [5.41, 5.74) is 34.7. The Kier molecular flexibility index (Phi) is 33.1. The molecule has 29 nitrogen and oxygen atoms in total. The average Bonchev–Trinajstić information content (AvgIpc) is 3.61. The van der Waals surface area contributed by atoms with E-state index >= 15 is 0 Å². The lowest BCUT2D eigenvalue weighted by Gasteiger charge is -2.33. The van der Waals surface area contributed by atoms with E-state index in [1.54, 1.807) is 56.4 Å². The number of phenols is 1. The lowest BCUT2D eigenvalue weighted by molar-refractivity contribution is -0.143. The number of phenolic OH excluding ortho intramolecular Hbond substituents is 1. The number of rotatable bonds is 39. The molecule has 0 saturated heterocycles. The summed E-state index contributed by atoms with van der Waals surface area (Å²) in [6, 6.07) is 6.93. The number of amides is 9. The summed E-state index contributed by atoms with van der Waals surface area (Å²) >= 11 is 0. The highest BCUT2D eigenvalue weighted by atomic mass is 16.3. The molecule has 472 valence electrons. The molecule has 0 unspecified atom stereocenters. The highest BCUT2D eigenvalue weighted by Crippen LogP contribution is 2.16. The van der Waals surface area contributed by atoms with Crippen molar-refractivity contribution < 1.29 is 48.3 Å². The lowest BCUT2D eigenvalue weighted by atomic mass is 9.99. The second-order valence-electron chi connectivity index (χ2n) is 21.2. The molecule has 22 N–H and O–H groups in total. The van der Waals surface area contributed by atoms with Crippen LogP contribution in [0.4, 0.5) is 0 Å². The highest BCUT2D eigenvalue weighted by Gasteiger charge is 2.37. The van der Waals surface area contributed by atoms with Gasteiger partial charge in [0.25, 0.3) is 0 Å². The lowest BCUT2D eigenvalue weighted by Crippen LogP contribution is -2.60. The molecule has 85 heavy (non-hydrogen) atoms. The largest absolute Gasteiger partial charge is 0.508 e. The summed E-state index contributed by atoms with van der Waals surface area (Å²) < 4.78 is 0. The summed E-state index contributed by atoms with van der Waals surface area (Å²) in [5, 5.41) is 34.0. The van der Waals surface area contributed by atoms with Gasteiger partial charge in [-0.3, -0.25) is 58.1 Å². The molecule has 0 heterocycles. The van der Waals surface area contributed by atoms with E-state index in [4.69, 9.17) is 34.4 Å². The van der Waals surface area contributed by atoms with Gasteiger partial charge in [0, 0.05) is 39.6 Å². The van der Waals surface area contributed by atoms with Gasteiger partial charge in [-0.25, -0.2) is 0 Å². The van der Waals surface area contributed by atoms with Crippen LogP contribution in [-0.2, 0) is 56.0 Å². The van der Waals surface area contributed by atoms with Crippen LogP contribution in [0, 0.1) is 11.8 Å². The molecule has 0 radical (unpaired) electrons. The SMILES string of the molecule is CCNC(=O)[C@H](CCCN=C(N)N)NC(=O)[C@@H](CC(C)C)NC(=O)[C@H](CCCN=C(N)N)N(C)C(=O)[C@H](CCCN=C(N)N)NC(=O)[C@H](CC(C)C)NC(=O)[C@H](Cc1ccccc1)NC(=O)CNC(=O)CNC(=O)[C@H](Cc1ccc(O)cc1)NC. The zero-order chi connectivity index (χ0) is 63.6. The van der Waals surface area contributed by atoms with Crippen molar-refractivity contribution >= 4 is 71.0 Å². The number of benzene rings is 2.